The smallest absolute Gasteiger partial charge is 0.134 e. The molecule has 0 aliphatic heterocycles. The number of hydrogen-bond acceptors (Lipinski definition) is 2. The molecule has 0 saturated carbocycles. The van der Waals surface area contributed by atoms with Crippen molar-refractivity contribution in [2.45, 2.75) is 0 Å². The lowest BCUT2D eigenvalue weighted by Crippen LogP contribution is -2.01. The molecule has 1 aromatic rings. The molecule has 0 aromatic heterocycles. The SMILES string of the molecule is OCCOc1cccc(Br)c1Br. The highest BCUT2D eigenvalue weighted by Crippen LogP contribution is 2.31. The molecule has 1 N–H and O–H groups in total. The van der Waals surface area contributed by atoms with Crippen LogP contribution in [0.5, 0.6) is 5.75 Å². The molecule has 0 unspecified atom stereocenters. The molecule has 0 amide bonds. The monoisotopic (exact) mass is 294 g/mol. The molecule has 66 valence electrons. The lowest BCUT2D eigenvalue weighted by molar-refractivity contribution is 0.200. The Bertz CT molecular complexity index is 263. The van der Waals surface area contributed by atoms with Crippen molar-refractivity contribution in [3.63, 3.8) is 0 Å². The zero-order chi connectivity index (χ0) is 8.97. The highest BCUT2D eigenvalue weighted by atomic mass is 79.9. The largest absolute Gasteiger partial charge is 0.490 e. The molecule has 0 fully saturated rings. The predicted molar refractivity (Wildman–Crippen MR) is 54.4 cm³/mol. The van der Waals surface area contributed by atoms with Crippen molar-refractivity contribution >= 4 is 31.9 Å². The second-order valence-corrected chi connectivity index (χ2v) is 3.77. The fourth-order valence-electron chi connectivity index (χ4n) is 0.751. The van der Waals surface area contributed by atoms with Crippen molar-refractivity contribution < 1.29 is 9.84 Å². The summed E-state index contributed by atoms with van der Waals surface area (Å²) in [4.78, 5) is 0. The number of aliphatic hydroxyl groups is 1. The summed E-state index contributed by atoms with van der Waals surface area (Å²) in [5.41, 5.74) is 0. The minimum absolute atomic E-state index is 0.0267. The van der Waals surface area contributed by atoms with Crippen molar-refractivity contribution in [2.75, 3.05) is 13.2 Å². The van der Waals surface area contributed by atoms with Crippen molar-refractivity contribution in [1.82, 2.24) is 0 Å². The molecule has 0 bridgehead atoms. The second-order valence-electron chi connectivity index (χ2n) is 2.12. The van der Waals surface area contributed by atoms with Crippen LogP contribution in [0.15, 0.2) is 27.1 Å². The van der Waals surface area contributed by atoms with E-state index < -0.39 is 0 Å². The first kappa shape index (κ1) is 10.0. The zero-order valence-electron chi connectivity index (χ0n) is 6.26. The third-order valence-electron chi connectivity index (χ3n) is 1.27. The quantitative estimate of drug-likeness (QED) is 0.929. The number of rotatable bonds is 3. The van der Waals surface area contributed by atoms with Gasteiger partial charge in [-0.3, -0.25) is 0 Å². The van der Waals surface area contributed by atoms with Gasteiger partial charge >= 0.3 is 0 Å². The highest BCUT2D eigenvalue weighted by Gasteiger charge is 2.02. The first-order valence-corrected chi connectivity index (χ1v) is 5.02. The second kappa shape index (κ2) is 4.84. The molecular formula is C8H8Br2O2. The molecule has 0 radical (unpaired) electrons. The fraction of sp³-hybridized carbons (Fsp3) is 0.250. The topological polar surface area (TPSA) is 29.5 Å². The number of halogens is 2. The Labute approximate surface area is 87.8 Å². The molecule has 1 rings (SSSR count). The van der Waals surface area contributed by atoms with Crippen LogP contribution in [0.2, 0.25) is 0 Å². The first-order valence-electron chi connectivity index (χ1n) is 3.43. The van der Waals surface area contributed by atoms with Gasteiger partial charge in [-0.1, -0.05) is 6.07 Å². The van der Waals surface area contributed by atoms with Crippen LogP contribution < -0.4 is 4.74 Å². The van der Waals surface area contributed by atoms with Gasteiger partial charge < -0.3 is 9.84 Å². The lowest BCUT2D eigenvalue weighted by Gasteiger charge is -2.06. The molecule has 0 aliphatic carbocycles. The first-order chi connectivity index (χ1) is 5.75. The van der Waals surface area contributed by atoms with E-state index in [1.54, 1.807) is 0 Å². The third kappa shape index (κ3) is 2.47. The van der Waals surface area contributed by atoms with Crippen LogP contribution in [0.25, 0.3) is 0 Å². The fourth-order valence-corrected chi connectivity index (χ4v) is 1.48. The summed E-state index contributed by atoms with van der Waals surface area (Å²) < 4.78 is 7.06. The molecule has 0 spiro atoms. The summed E-state index contributed by atoms with van der Waals surface area (Å²) in [7, 11) is 0. The summed E-state index contributed by atoms with van der Waals surface area (Å²) in [5.74, 6) is 0.735. The predicted octanol–water partition coefficient (Wildman–Crippen LogP) is 2.58. The third-order valence-corrected chi connectivity index (χ3v) is 3.28. The van der Waals surface area contributed by atoms with Gasteiger partial charge in [0.1, 0.15) is 12.4 Å². The van der Waals surface area contributed by atoms with Crippen molar-refractivity contribution in [3.05, 3.63) is 27.1 Å². The normalized spacial score (nSPS) is 9.92. The van der Waals surface area contributed by atoms with Gasteiger partial charge in [0.25, 0.3) is 0 Å². The maximum atomic E-state index is 8.54. The van der Waals surface area contributed by atoms with E-state index in [0.29, 0.717) is 6.61 Å². The van der Waals surface area contributed by atoms with E-state index >= 15 is 0 Å². The molecule has 1 aromatic carbocycles. The molecular weight excluding hydrogens is 288 g/mol. The van der Waals surface area contributed by atoms with Gasteiger partial charge in [0.05, 0.1) is 11.1 Å². The lowest BCUT2D eigenvalue weighted by atomic mass is 10.3. The average molecular weight is 296 g/mol. The van der Waals surface area contributed by atoms with Gasteiger partial charge in [0.2, 0.25) is 0 Å². The Morgan fingerprint density at radius 2 is 2.08 bits per heavy atom. The molecule has 12 heavy (non-hydrogen) atoms. The summed E-state index contributed by atoms with van der Waals surface area (Å²) in [6.45, 7) is 0.341. The summed E-state index contributed by atoms with van der Waals surface area (Å²) in [6.07, 6.45) is 0. The van der Waals surface area contributed by atoms with Gasteiger partial charge in [0, 0.05) is 4.47 Å². The van der Waals surface area contributed by atoms with Crippen LogP contribution in [-0.2, 0) is 0 Å². The Hall–Kier alpha value is -0.0600. The number of aliphatic hydroxyl groups excluding tert-OH is 1. The maximum absolute atomic E-state index is 8.54. The van der Waals surface area contributed by atoms with E-state index in [1.807, 2.05) is 18.2 Å². The van der Waals surface area contributed by atoms with Crippen LogP contribution in [0, 0.1) is 0 Å². The average Bonchev–Trinajstić information content (AvgIpc) is 2.08. The van der Waals surface area contributed by atoms with Crippen LogP contribution >= 0.6 is 31.9 Å². The molecule has 4 heteroatoms. The van der Waals surface area contributed by atoms with Crippen LogP contribution in [0.3, 0.4) is 0 Å². The number of hydrogen-bond donors (Lipinski definition) is 1. The maximum Gasteiger partial charge on any atom is 0.134 e. The van der Waals surface area contributed by atoms with E-state index in [1.165, 1.54) is 0 Å². The van der Waals surface area contributed by atoms with Crippen LogP contribution in [0.4, 0.5) is 0 Å². The van der Waals surface area contributed by atoms with E-state index in [2.05, 4.69) is 31.9 Å². The Kier molecular flexibility index (Phi) is 4.05. The summed E-state index contributed by atoms with van der Waals surface area (Å²) >= 11 is 6.71. The Morgan fingerprint density at radius 1 is 1.33 bits per heavy atom. The molecule has 2 nitrogen and oxygen atoms in total. The number of ether oxygens (including phenoxy) is 1. The van der Waals surface area contributed by atoms with Gasteiger partial charge in [-0.25, -0.2) is 0 Å². The van der Waals surface area contributed by atoms with E-state index in [4.69, 9.17) is 9.84 Å². The Morgan fingerprint density at radius 3 is 2.75 bits per heavy atom. The molecule has 0 saturated heterocycles. The standard InChI is InChI=1S/C8H8Br2O2/c9-6-2-1-3-7(8(6)10)12-5-4-11/h1-3,11H,4-5H2. The number of benzene rings is 1. The van der Waals surface area contributed by atoms with E-state index in [9.17, 15) is 0 Å². The van der Waals surface area contributed by atoms with Crippen LogP contribution in [0.1, 0.15) is 0 Å². The van der Waals surface area contributed by atoms with Crippen molar-refractivity contribution in [3.8, 4) is 5.75 Å². The van der Waals surface area contributed by atoms with Gasteiger partial charge in [-0.05, 0) is 44.0 Å². The van der Waals surface area contributed by atoms with Gasteiger partial charge in [-0.15, -0.1) is 0 Å². The Balaban J connectivity index is 2.78. The van der Waals surface area contributed by atoms with Crippen molar-refractivity contribution in [1.29, 1.82) is 0 Å². The molecule has 0 atom stereocenters. The van der Waals surface area contributed by atoms with E-state index in [-0.39, 0.29) is 6.61 Å². The van der Waals surface area contributed by atoms with Crippen LogP contribution in [-0.4, -0.2) is 18.3 Å². The van der Waals surface area contributed by atoms with Gasteiger partial charge in [-0.2, -0.15) is 0 Å². The van der Waals surface area contributed by atoms with E-state index in [0.717, 1.165) is 14.7 Å². The highest BCUT2D eigenvalue weighted by molar-refractivity contribution is 9.13. The zero-order valence-corrected chi connectivity index (χ0v) is 9.43. The van der Waals surface area contributed by atoms with Gasteiger partial charge in [0.15, 0.2) is 0 Å². The summed E-state index contributed by atoms with van der Waals surface area (Å²) in [5, 5.41) is 8.54. The van der Waals surface area contributed by atoms with Crippen molar-refractivity contribution in [2.24, 2.45) is 0 Å². The summed E-state index contributed by atoms with van der Waals surface area (Å²) in [6, 6.07) is 5.63. The molecule has 0 aliphatic rings. The minimum Gasteiger partial charge on any atom is -0.490 e. The minimum atomic E-state index is 0.0267. The molecule has 0 heterocycles.